The maximum atomic E-state index is 13.7. The van der Waals surface area contributed by atoms with Gasteiger partial charge in [0.2, 0.25) is 0 Å². The van der Waals surface area contributed by atoms with Crippen molar-refractivity contribution in [3.05, 3.63) is 71.2 Å². The number of benzene rings is 2. The Labute approximate surface area is 138 Å². The molecular formula is C18H15ClFNO2. The number of hydrogen-bond acceptors (Lipinski definition) is 3. The Morgan fingerprint density at radius 2 is 1.96 bits per heavy atom. The molecular weight excluding hydrogens is 317 g/mol. The summed E-state index contributed by atoms with van der Waals surface area (Å²) in [5.74, 6) is 1.53. The van der Waals surface area contributed by atoms with E-state index in [0.29, 0.717) is 34.4 Å². The summed E-state index contributed by atoms with van der Waals surface area (Å²) >= 11 is 6.08. The third-order valence-electron chi connectivity index (χ3n) is 3.42. The van der Waals surface area contributed by atoms with Gasteiger partial charge in [-0.05, 0) is 42.5 Å². The van der Waals surface area contributed by atoms with Gasteiger partial charge in [-0.1, -0.05) is 23.7 Å². The van der Waals surface area contributed by atoms with Crippen LogP contribution in [0.25, 0.3) is 11.3 Å². The van der Waals surface area contributed by atoms with Crippen LogP contribution in [-0.2, 0) is 6.54 Å². The van der Waals surface area contributed by atoms with Crippen molar-refractivity contribution in [1.82, 2.24) is 0 Å². The third-order valence-corrected chi connectivity index (χ3v) is 3.71. The van der Waals surface area contributed by atoms with Crippen LogP contribution in [0.1, 0.15) is 5.76 Å². The van der Waals surface area contributed by atoms with Crippen LogP contribution in [0.2, 0.25) is 5.02 Å². The summed E-state index contributed by atoms with van der Waals surface area (Å²) in [7, 11) is 1.57. The average molecular weight is 332 g/mol. The Balaban J connectivity index is 1.70. The van der Waals surface area contributed by atoms with Crippen molar-refractivity contribution in [2.24, 2.45) is 0 Å². The highest BCUT2D eigenvalue weighted by Crippen LogP contribution is 2.28. The molecule has 1 aromatic heterocycles. The van der Waals surface area contributed by atoms with Crippen molar-refractivity contribution in [2.45, 2.75) is 6.54 Å². The summed E-state index contributed by atoms with van der Waals surface area (Å²) in [5, 5.41) is 3.74. The van der Waals surface area contributed by atoms with Gasteiger partial charge in [-0.3, -0.25) is 0 Å². The normalized spacial score (nSPS) is 10.6. The minimum Gasteiger partial charge on any atom is -0.495 e. The average Bonchev–Trinajstić information content (AvgIpc) is 3.02. The largest absolute Gasteiger partial charge is 0.495 e. The maximum absolute atomic E-state index is 13.7. The Morgan fingerprint density at radius 3 is 2.70 bits per heavy atom. The summed E-state index contributed by atoms with van der Waals surface area (Å²) in [6.45, 7) is 0.469. The van der Waals surface area contributed by atoms with E-state index in [1.807, 2.05) is 12.1 Å². The van der Waals surface area contributed by atoms with Gasteiger partial charge in [0.05, 0.1) is 24.2 Å². The quantitative estimate of drug-likeness (QED) is 0.683. The van der Waals surface area contributed by atoms with Gasteiger partial charge < -0.3 is 14.5 Å². The lowest BCUT2D eigenvalue weighted by Crippen LogP contribution is -1.98. The van der Waals surface area contributed by atoms with Crippen LogP contribution in [0.5, 0.6) is 5.75 Å². The fourth-order valence-corrected chi connectivity index (χ4v) is 2.50. The molecule has 1 heterocycles. The first kappa shape index (κ1) is 15.4. The molecule has 0 aliphatic carbocycles. The molecule has 1 N–H and O–H groups in total. The summed E-state index contributed by atoms with van der Waals surface area (Å²) < 4.78 is 24.5. The lowest BCUT2D eigenvalue weighted by molar-refractivity contribution is 0.415. The van der Waals surface area contributed by atoms with Gasteiger partial charge >= 0.3 is 0 Å². The Bertz CT molecular complexity index is 816. The zero-order valence-electron chi connectivity index (χ0n) is 12.5. The number of nitrogens with one attached hydrogen (secondary N) is 1. The fourth-order valence-electron chi connectivity index (χ4n) is 2.24. The van der Waals surface area contributed by atoms with Crippen LogP contribution in [0.3, 0.4) is 0 Å². The molecule has 3 nitrogen and oxygen atoms in total. The number of hydrogen-bond donors (Lipinski definition) is 1. The lowest BCUT2D eigenvalue weighted by Gasteiger charge is -2.07. The number of halogens is 2. The zero-order valence-corrected chi connectivity index (χ0v) is 13.2. The van der Waals surface area contributed by atoms with Gasteiger partial charge in [0.25, 0.3) is 0 Å². The molecule has 23 heavy (non-hydrogen) atoms. The summed E-state index contributed by atoms with van der Waals surface area (Å²) in [6.07, 6.45) is 0. The standard InChI is InChI=1S/C18H15ClFNO2/c1-22-18-8-6-12(10-15(18)19)21-11-13-7-9-17(23-13)14-4-2-3-5-16(14)20/h2-10,21H,11H2,1H3. The van der Waals surface area contributed by atoms with Crippen LogP contribution < -0.4 is 10.1 Å². The molecule has 3 aromatic rings. The molecule has 0 fully saturated rings. The fraction of sp³-hybridized carbons (Fsp3) is 0.111. The molecule has 3 rings (SSSR count). The molecule has 2 aromatic carbocycles. The number of furan rings is 1. The molecule has 0 amide bonds. The Hall–Kier alpha value is -2.46. The van der Waals surface area contributed by atoms with Gasteiger partial charge in [0.1, 0.15) is 23.1 Å². The molecule has 0 saturated heterocycles. The van der Waals surface area contributed by atoms with Crippen molar-refractivity contribution < 1.29 is 13.5 Å². The van der Waals surface area contributed by atoms with Gasteiger partial charge in [-0.25, -0.2) is 4.39 Å². The van der Waals surface area contributed by atoms with Crippen LogP contribution >= 0.6 is 11.6 Å². The van der Waals surface area contributed by atoms with Crippen LogP contribution in [0.15, 0.2) is 59.0 Å². The lowest BCUT2D eigenvalue weighted by atomic mass is 10.1. The van der Waals surface area contributed by atoms with Crippen molar-refractivity contribution in [2.75, 3.05) is 12.4 Å². The highest BCUT2D eigenvalue weighted by molar-refractivity contribution is 6.32. The van der Waals surface area contributed by atoms with E-state index in [-0.39, 0.29) is 5.82 Å². The summed E-state index contributed by atoms with van der Waals surface area (Å²) in [4.78, 5) is 0. The second-order valence-electron chi connectivity index (χ2n) is 4.95. The van der Waals surface area contributed by atoms with Gasteiger partial charge in [-0.2, -0.15) is 0 Å². The molecule has 5 heteroatoms. The van der Waals surface area contributed by atoms with Crippen LogP contribution in [0, 0.1) is 5.82 Å². The highest BCUT2D eigenvalue weighted by atomic mass is 35.5. The van der Waals surface area contributed by atoms with Gasteiger partial charge in [0, 0.05) is 5.69 Å². The summed E-state index contributed by atoms with van der Waals surface area (Å²) in [6, 6.07) is 15.5. The second-order valence-corrected chi connectivity index (χ2v) is 5.36. The minimum atomic E-state index is -0.303. The second kappa shape index (κ2) is 6.75. The first-order valence-corrected chi connectivity index (χ1v) is 7.46. The van der Waals surface area contributed by atoms with Gasteiger partial charge in [-0.15, -0.1) is 0 Å². The molecule has 0 atom stereocenters. The smallest absolute Gasteiger partial charge is 0.137 e. The molecule has 118 valence electrons. The Kier molecular flexibility index (Phi) is 4.53. The monoisotopic (exact) mass is 331 g/mol. The zero-order chi connectivity index (χ0) is 16.2. The molecule has 0 saturated carbocycles. The van der Waals surface area contributed by atoms with Crippen molar-refractivity contribution >= 4 is 17.3 Å². The molecule has 0 aliphatic heterocycles. The van der Waals surface area contributed by atoms with E-state index in [9.17, 15) is 4.39 Å². The van der Waals surface area contributed by atoms with Crippen molar-refractivity contribution in [3.8, 4) is 17.1 Å². The number of ether oxygens (including phenoxy) is 1. The third kappa shape index (κ3) is 3.48. The SMILES string of the molecule is COc1ccc(NCc2ccc(-c3ccccc3F)o2)cc1Cl. The number of methoxy groups -OCH3 is 1. The van der Waals surface area contributed by atoms with E-state index in [4.69, 9.17) is 20.8 Å². The topological polar surface area (TPSA) is 34.4 Å². The predicted octanol–water partition coefficient (Wildman–Crippen LogP) is 5.36. The van der Waals surface area contributed by atoms with E-state index in [0.717, 1.165) is 5.69 Å². The van der Waals surface area contributed by atoms with E-state index in [1.54, 1.807) is 43.5 Å². The van der Waals surface area contributed by atoms with E-state index < -0.39 is 0 Å². The minimum absolute atomic E-state index is 0.303. The van der Waals surface area contributed by atoms with Crippen LogP contribution in [0.4, 0.5) is 10.1 Å². The van der Waals surface area contributed by atoms with E-state index in [1.165, 1.54) is 6.07 Å². The Morgan fingerprint density at radius 1 is 1.13 bits per heavy atom. The number of anilines is 1. The molecule has 0 unspecified atom stereocenters. The van der Waals surface area contributed by atoms with Crippen LogP contribution in [-0.4, -0.2) is 7.11 Å². The number of rotatable bonds is 5. The predicted molar refractivity (Wildman–Crippen MR) is 89.4 cm³/mol. The molecule has 0 spiro atoms. The molecule has 0 bridgehead atoms. The molecule has 0 aliphatic rings. The van der Waals surface area contributed by atoms with E-state index in [2.05, 4.69) is 5.32 Å². The highest BCUT2D eigenvalue weighted by Gasteiger charge is 2.09. The first-order chi connectivity index (χ1) is 11.2. The summed E-state index contributed by atoms with van der Waals surface area (Å²) in [5.41, 5.74) is 1.30. The van der Waals surface area contributed by atoms with Crippen molar-refractivity contribution in [3.63, 3.8) is 0 Å². The van der Waals surface area contributed by atoms with Gasteiger partial charge in [0.15, 0.2) is 0 Å². The van der Waals surface area contributed by atoms with E-state index >= 15 is 0 Å². The maximum Gasteiger partial charge on any atom is 0.137 e. The molecule has 0 radical (unpaired) electrons. The first-order valence-electron chi connectivity index (χ1n) is 7.08. The van der Waals surface area contributed by atoms with Crippen molar-refractivity contribution in [1.29, 1.82) is 0 Å².